The molecule has 1 heterocycles. The number of aromatic amines is 1. The van der Waals surface area contributed by atoms with Gasteiger partial charge in [0.1, 0.15) is 6.07 Å². The van der Waals surface area contributed by atoms with E-state index in [9.17, 15) is 4.79 Å². The van der Waals surface area contributed by atoms with E-state index in [4.69, 9.17) is 5.26 Å². The predicted molar refractivity (Wildman–Crippen MR) is 73.8 cm³/mol. The third-order valence-corrected chi connectivity index (χ3v) is 2.93. The van der Waals surface area contributed by atoms with Crippen molar-refractivity contribution in [2.24, 2.45) is 0 Å². The first-order valence-corrected chi connectivity index (χ1v) is 6.04. The van der Waals surface area contributed by atoms with Crippen molar-refractivity contribution in [3.8, 4) is 6.07 Å². The quantitative estimate of drug-likeness (QED) is 0.883. The summed E-state index contributed by atoms with van der Waals surface area (Å²) in [7, 11) is 0. The summed E-state index contributed by atoms with van der Waals surface area (Å²) in [6.07, 6.45) is 0.302. The molecule has 2 rings (SSSR count). The molecule has 0 atom stereocenters. The molecular formula is C15H15N3O. The Kier molecular flexibility index (Phi) is 3.67. The van der Waals surface area contributed by atoms with Gasteiger partial charge in [-0.05, 0) is 37.6 Å². The van der Waals surface area contributed by atoms with Gasteiger partial charge in [-0.2, -0.15) is 5.26 Å². The number of H-pyrrole nitrogens is 1. The Morgan fingerprint density at radius 1 is 1.37 bits per heavy atom. The van der Waals surface area contributed by atoms with Crippen molar-refractivity contribution in [2.75, 3.05) is 5.32 Å². The topological polar surface area (TPSA) is 68.7 Å². The van der Waals surface area contributed by atoms with Crippen LogP contribution in [-0.2, 0) is 11.2 Å². The van der Waals surface area contributed by atoms with Crippen LogP contribution in [-0.4, -0.2) is 10.9 Å². The van der Waals surface area contributed by atoms with Crippen LogP contribution >= 0.6 is 0 Å². The number of anilines is 1. The Hall–Kier alpha value is -2.54. The van der Waals surface area contributed by atoms with Gasteiger partial charge in [-0.1, -0.05) is 12.1 Å². The normalized spacial score (nSPS) is 9.95. The van der Waals surface area contributed by atoms with Crippen molar-refractivity contribution < 1.29 is 4.79 Å². The van der Waals surface area contributed by atoms with Crippen LogP contribution in [0.5, 0.6) is 0 Å². The molecule has 4 heteroatoms. The molecule has 4 nitrogen and oxygen atoms in total. The summed E-state index contributed by atoms with van der Waals surface area (Å²) in [6.45, 7) is 3.90. The molecule has 0 bridgehead atoms. The third kappa shape index (κ3) is 3.02. The molecule has 0 unspecified atom stereocenters. The van der Waals surface area contributed by atoms with Crippen molar-refractivity contribution in [3.05, 3.63) is 52.8 Å². The van der Waals surface area contributed by atoms with Crippen molar-refractivity contribution >= 4 is 11.6 Å². The monoisotopic (exact) mass is 253 g/mol. The maximum Gasteiger partial charge on any atom is 0.228 e. The largest absolute Gasteiger partial charge is 0.362 e. The Balaban J connectivity index is 2.10. The highest BCUT2D eigenvalue weighted by molar-refractivity contribution is 5.93. The number of aromatic nitrogens is 1. The molecule has 2 N–H and O–H groups in total. The minimum atomic E-state index is -0.121. The van der Waals surface area contributed by atoms with Crippen molar-refractivity contribution in [1.29, 1.82) is 5.26 Å². The average molecular weight is 253 g/mol. The molecule has 2 aromatic rings. The summed E-state index contributed by atoms with van der Waals surface area (Å²) in [5, 5.41) is 11.7. The first-order chi connectivity index (χ1) is 9.10. The Labute approximate surface area is 112 Å². The molecule has 0 aliphatic carbocycles. The summed E-state index contributed by atoms with van der Waals surface area (Å²) in [4.78, 5) is 15.1. The van der Waals surface area contributed by atoms with Crippen LogP contribution in [0.3, 0.4) is 0 Å². The molecule has 0 aliphatic rings. The lowest BCUT2D eigenvalue weighted by Crippen LogP contribution is -2.15. The van der Waals surface area contributed by atoms with Gasteiger partial charge in [0.25, 0.3) is 0 Å². The fourth-order valence-electron chi connectivity index (χ4n) is 2.02. The number of amides is 1. The van der Waals surface area contributed by atoms with Gasteiger partial charge < -0.3 is 10.3 Å². The minimum absolute atomic E-state index is 0.121. The average Bonchev–Trinajstić information content (AvgIpc) is 2.68. The van der Waals surface area contributed by atoms with Crippen LogP contribution in [0.25, 0.3) is 0 Å². The van der Waals surface area contributed by atoms with Crippen LogP contribution in [0.4, 0.5) is 5.69 Å². The standard InChI is InChI=1S/C15H15N3O/c1-10-7-13(11(2)17-10)8-15(19)18-14-6-4-3-5-12(14)9-16/h3-7,17H,8H2,1-2H3,(H,18,19). The summed E-state index contributed by atoms with van der Waals surface area (Å²) in [5.74, 6) is -0.121. The zero-order chi connectivity index (χ0) is 13.8. The molecule has 0 saturated heterocycles. The number of hydrogen-bond acceptors (Lipinski definition) is 2. The van der Waals surface area contributed by atoms with E-state index in [1.807, 2.05) is 19.9 Å². The third-order valence-electron chi connectivity index (χ3n) is 2.93. The van der Waals surface area contributed by atoms with Gasteiger partial charge >= 0.3 is 0 Å². The van der Waals surface area contributed by atoms with E-state index in [2.05, 4.69) is 16.4 Å². The molecular weight excluding hydrogens is 238 g/mol. The number of para-hydroxylation sites is 1. The van der Waals surface area contributed by atoms with E-state index < -0.39 is 0 Å². The first kappa shape index (κ1) is 12.9. The molecule has 0 saturated carbocycles. The number of carbonyl (C=O) groups excluding carboxylic acids is 1. The molecule has 19 heavy (non-hydrogen) atoms. The predicted octanol–water partition coefficient (Wildman–Crippen LogP) is 2.68. The summed E-state index contributed by atoms with van der Waals surface area (Å²) in [5.41, 5.74) is 4.04. The lowest BCUT2D eigenvalue weighted by atomic mass is 10.1. The number of nitriles is 1. The molecule has 0 fully saturated rings. The Bertz CT molecular complexity index is 650. The van der Waals surface area contributed by atoms with Crippen molar-refractivity contribution in [1.82, 2.24) is 4.98 Å². The van der Waals surface area contributed by atoms with E-state index in [0.29, 0.717) is 17.7 Å². The number of nitrogens with zero attached hydrogens (tertiary/aromatic N) is 1. The van der Waals surface area contributed by atoms with Crippen LogP contribution < -0.4 is 5.32 Å². The van der Waals surface area contributed by atoms with Crippen molar-refractivity contribution in [3.63, 3.8) is 0 Å². The first-order valence-electron chi connectivity index (χ1n) is 6.04. The van der Waals surface area contributed by atoms with Crippen molar-refractivity contribution in [2.45, 2.75) is 20.3 Å². The fourth-order valence-corrected chi connectivity index (χ4v) is 2.02. The SMILES string of the molecule is Cc1cc(CC(=O)Nc2ccccc2C#N)c(C)[nH]1. The highest BCUT2D eigenvalue weighted by Crippen LogP contribution is 2.15. The van der Waals surface area contributed by atoms with Gasteiger partial charge in [-0.15, -0.1) is 0 Å². The fraction of sp³-hybridized carbons (Fsp3) is 0.200. The van der Waals surface area contributed by atoms with Gasteiger partial charge in [0.15, 0.2) is 0 Å². The zero-order valence-corrected chi connectivity index (χ0v) is 10.9. The summed E-state index contributed by atoms with van der Waals surface area (Å²) in [6, 6.07) is 11.0. The van der Waals surface area contributed by atoms with E-state index in [-0.39, 0.29) is 5.91 Å². The lowest BCUT2D eigenvalue weighted by molar-refractivity contribution is -0.115. The second-order valence-corrected chi connectivity index (χ2v) is 4.48. The van der Waals surface area contributed by atoms with E-state index in [0.717, 1.165) is 17.0 Å². The number of hydrogen-bond donors (Lipinski definition) is 2. The molecule has 0 spiro atoms. The maximum atomic E-state index is 12.0. The number of benzene rings is 1. The summed E-state index contributed by atoms with van der Waals surface area (Å²) >= 11 is 0. The van der Waals surface area contributed by atoms with Crippen LogP contribution in [0.15, 0.2) is 30.3 Å². The van der Waals surface area contributed by atoms with Gasteiger partial charge in [-0.3, -0.25) is 4.79 Å². The number of rotatable bonds is 3. The number of carbonyl (C=O) groups is 1. The van der Waals surface area contributed by atoms with Gasteiger partial charge in [0.05, 0.1) is 17.7 Å². The highest BCUT2D eigenvalue weighted by Gasteiger charge is 2.10. The number of nitrogens with one attached hydrogen (secondary N) is 2. The molecule has 1 aromatic carbocycles. The molecule has 0 aliphatic heterocycles. The smallest absolute Gasteiger partial charge is 0.228 e. The zero-order valence-electron chi connectivity index (χ0n) is 10.9. The van der Waals surface area contributed by atoms with Gasteiger partial charge in [-0.25, -0.2) is 0 Å². The number of aryl methyl sites for hydroxylation is 2. The van der Waals surface area contributed by atoms with E-state index in [1.165, 1.54) is 0 Å². The Morgan fingerprint density at radius 3 is 2.74 bits per heavy atom. The minimum Gasteiger partial charge on any atom is -0.362 e. The van der Waals surface area contributed by atoms with Crippen LogP contribution in [0.2, 0.25) is 0 Å². The maximum absolute atomic E-state index is 12.0. The molecule has 1 amide bonds. The molecule has 96 valence electrons. The van der Waals surface area contributed by atoms with Gasteiger partial charge in [0.2, 0.25) is 5.91 Å². The molecule has 0 radical (unpaired) electrons. The van der Waals surface area contributed by atoms with E-state index in [1.54, 1.807) is 24.3 Å². The lowest BCUT2D eigenvalue weighted by Gasteiger charge is -2.06. The second-order valence-electron chi connectivity index (χ2n) is 4.48. The van der Waals surface area contributed by atoms with Crippen LogP contribution in [0.1, 0.15) is 22.5 Å². The molecule has 1 aromatic heterocycles. The second kappa shape index (κ2) is 5.40. The van der Waals surface area contributed by atoms with E-state index >= 15 is 0 Å². The Morgan fingerprint density at radius 2 is 2.11 bits per heavy atom. The highest BCUT2D eigenvalue weighted by atomic mass is 16.1. The summed E-state index contributed by atoms with van der Waals surface area (Å²) < 4.78 is 0. The van der Waals surface area contributed by atoms with Crippen LogP contribution in [0, 0.1) is 25.2 Å². The van der Waals surface area contributed by atoms with Gasteiger partial charge in [0, 0.05) is 11.4 Å².